The minimum atomic E-state index is -0.819. The average molecular weight is 369 g/mol. The van der Waals surface area contributed by atoms with Gasteiger partial charge in [0.1, 0.15) is 0 Å². The highest BCUT2D eigenvalue weighted by Gasteiger charge is 2.34. The highest BCUT2D eigenvalue weighted by Crippen LogP contribution is 2.16. The summed E-state index contributed by atoms with van der Waals surface area (Å²) in [6.07, 6.45) is 1.54. The van der Waals surface area contributed by atoms with Gasteiger partial charge in [0.15, 0.2) is 0 Å². The fourth-order valence-corrected chi connectivity index (χ4v) is 3.03. The smallest absolute Gasteiger partial charge is 0.321 e. The van der Waals surface area contributed by atoms with E-state index in [1.165, 1.54) is 0 Å². The quantitative estimate of drug-likeness (QED) is 0.857. The van der Waals surface area contributed by atoms with Gasteiger partial charge in [-0.1, -0.05) is 25.5 Å². The Balaban J connectivity index is 0.00000312. The van der Waals surface area contributed by atoms with Crippen LogP contribution in [0.4, 0.5) is 10.5 Å². The average Bonchev–Trinajstić information content (AvgIpc) is 2.54. The molecule has 3 N–H and O–H groups in total. The molecule has 3 amide bonds. The zero-order chi connectivity index (χ0) is 17.7. The van der Waals surface area contributed by atoms with Crippen molar-refractivity contribution in [1.29, 1.82) is 0 Å². The predicted octanol–water partition coefficient (Wildman–Crippen LogP) is 2.61. The molecule has 0 aromatic heterocycles. The standard InChI is InChI=1S/C18H28N4O2.ClH/c1-4-8-18(3,19)16(23)21-9-11-22(12-10-21)17(24)20-15-7-5-6-14(2)13-15;/h5-7,13H,4,8-12,19H2,1-3H3,(H,20,24);1H. The van der Waals surface area contributed by atoms with Crippen molar-refractivity contribution in [1.82, 2.24) is 9.80 Å². The lowest BCUT2D eigenvalue weighted by Crippen LogP contribution is -2.59. The number of halogens is 1. The number of amides is 3. The number of hydrogen-bond donors (Lipinski definition) is 2. The van der Waals surface area contributed by atoms with E-state index in [-0.39, 0.29) is 24.3 Å². The first-order chi connectivity index (χ1) is 11.3. The van der Waals surface area contributed by atoms with Gasteiger partial charge in [-0.25, -0.2) is 4.79 Å². The van der Waals surface area contributed by atoms with Crippen LogP contribution in [0, 0.1) is 6.92 Å². The van der Waals surface area contributed by atoms with Crippen LogP contribution in [-0.2, 0) is 4.79 Å². The second-order valence-corrected chi connectivity index (χ2v) is 6.75. The Labute approximate surface area is 156 Å². The first-order valence-electron chi connectivity index (χ1n) is 8.54. The van der Waals surface area contributed by atoms with E-state index in [9.17, 15) is 9.59 Å². The molecular formula is C18H29ClN4O2. The Morgan fingerprint density at radius 3 is 2.36 bits per heavy atom. The number of hydrogen-bond acceptors (Lipinski definition) is 3. The van der Waals surface area contributed by atoms with Gasteiger partial charge in [0.05, 0.1) is 5.54 Å². The molecule has 6 nitrogen and oxygen atoms in total. The zero-order valence-corrected chi connectivity index (χ0v) is 16.1. The summed E-state index contributed by atoms with van der Waals surface area (Å²) in [5, 5.41) is 2.91. The van der Waals surface area contributed by atoms with Crippen LogP contribution in [0.2, 0.25) is 0 Å². The number of rotatable bonds is 4. The van der Waals surface area contributed by atoms with Gasteiger partial charge in [-0.15, -0.1) is 12.4 Å². The number of nitrogens with two attached hydrogens (primary N) is 1. The zero-order valence-electron chi connectivity index (χ0n) is 15.2. The molecule has 1 aliphatic rings. The minimum Gasteiger partial charge on any atom is -0.338 e. The van der Waals surface area contributed by atoms with Crippen molar-refractivity contribution in [3.63, 3.8) is 0 Å². The summed E-state index contributed by atoms with van der Waals surface area (Å²) in [4.78, 5) is 28.3. The molecule has 1 saturated heterocycles. The lowest BCUT2D eigenvalue weighted by atomic mass is 9.95. The monoisotopic (exact) mass is 368 g/mol. The van der Waals surface area contributed by atoms with Gasteiger partial charge in [0, 0.05) is 31.9 Å². The van der Waals surface area contributed by atoms with E-state index in [1.54, 1.807) is 16.7 Å². The molecule has 0 bridgehead atoms. The first kappa shape index (κ1) is 21.3. The third-order valence-corrected chi connectivity index (χ3v) is 4.38. The number of carbonyl (C=O) groups excluding carboxylic acids is 2. The highest BCUT2D eigenvalue weighted by molar-refractivity contribution is 5.90. The van der Waals surface area contributed by atoms with Crippen LogP contribution in [0.25, 0.3) is 0 Å². The maximum atomic E-state index is 12.5. The van der Waals surface area contributed by atoms with Crippen molar-refractivity contribution in [3.8, 4) is 0 Å². The van der Waals surface area contributed by atoms with Crippen molar-refractivity contribution in [3.05, 3.63) is 29.8 Å². The van der Waals surface area contributed by atoms with Crippen LogP contribution < -0.4 is 11.1 Å². The fraction of sp³-hybridized carbons (Fsp3) is 0.556. The van der Waals surface area contributed by atoms with Crippen molar-refractivity contribution in [2.75, 3.05) is 31.5 Å². The van der Waals surface area contributed by atoms with Crippen LogP contribution in [0.15, 0.2) is 24.3 Å². The minimum absolute atomic E-state index is 0. The molecule has 25 heavy (non-hydrogen) atoms. The molecule has 1 aromatic rings. The number of anilines is 1. The summed E-state index contributed by atoms with van der Waals surface area (Å²) in [5.74, 6) is -0.0249. The fourth-order valence-electron chi connectivity index (χ4n) is 3.03. The predicted molar refractivity (Wildman–Crippen MR) is 103 cm³/mol. The topological polar surface area (TPSA) is 78.7 Å². The summed E-state index contributed by atoms with van der Waals surface area (Å²) >= 11 is 0. The van der Waals surface area contributed by atoms with Gasteiger partial charge in [0.25, 0.3) is 0 Å². The van der Waals surface area contributed by atoms with Gasteiger partial charge in [0.2, 0.25) is 5.91 Å². The van der Waals surface area contributed by atoms with Crippen LogP contribution in [-0.4, -0.2) is 53.5 Å². The summed E-state index contributed by atoms with van der Waals surface area (Å²) in [5.41, 5.74) is 7.20. The van der Waals surface area contributed by atoms with E-state index < -0.39 is 5.54 Å². The molecule has 0 radical (unpaired) electrons. The molecule has 1 atom stereocenters. The van der Waals surface area contributed by atoms with Crippen molar-refractivity contribution in [2.45, 2.75) is 39.2 Å². The summed E-state index contributed by atoms with van der Waals surface area (Å²) < 4.78 is 0. The Hall–Kier alpha value is -1.79. The normalized spacial score (nSPS) is 16.6. The third-order valence-electron chi connectivity index (χ3n) is 4.38. The molecule has 7 heteroatoms. The van der Waals surface area contributed by atoms with Crippen LogP contribution in [0.5, 0.6) is 0 Å². The Morgan fingerprint density at radius 2 is 1.80 bits per heavy atom. The summed E-state index contributed by atoms with van der Waals surface area (Å²) in [7, 11) is 0. The SMILES string of the molecule is CCCC(C)(N)C(=O)N1CCN(C(=O)Nc2cccc(C)c2)CC1.Cl. The Bertz CT molecular complexity index is 598. The molecule has 1 fully saturated rings. The van der Waals surface area contributed by atoms with E-state index in [0.717, 1.165) is 17.7 Å². The molecule has 140 valence electrons. The molecule has 0 saturated carbocycles. The molecule has 1 heterocycles. The van der Waals surface area contributed by atoms with E-state index in [2.05, 4.69) is 5.32 Å². The number of nitrogens with zero attached hydrogens (tertiary/aromatic N) is 2. The number of nitrogens with one attached hydrogen (secondary N) is 1. The second-order valence-electron chi connectivity index (χ2n) is 6.75. The first-order valence-corrected chi connectivity index (χ1v) is 8.54. The molecule has 2 rings (SSSR count). The van der Waals surface area contributed by atoms with Crippen LogP contribution in [0.3, 0.4) is 0 Å². The van der Waals surface area contributed by atoms with Gasteiger partial charge < -0.3 is 20.9 Å². The number of benzene rings is 1. The van der Waals surface area contributed by atoms with E-state index >= 15 is 0 Å². The van der Waals surface area contributed by atoms with Gasteiger partial charge in [-0.2, -0.15) is 0 Å². The largest absolute Gasteiger partial charge is 0.338 e. The number of carbonyl (C=O) groups is 2. The maximum absolute atomic E-state index is 12.5. The Kier molecular flexibility index (Phi) is 7.70. The highest BCUT2D eigenvalue weighted by atomic mass is 35.5. The van der Waals surface area contributed by atoms with E-state index in [0.29, 0.717) is 32.6 Å². The summed E-state index contributed by atoms with van der Waals surface area (Å²) in [6.45, 7) is 7.88. The van der Waals surface area contributed by atoms with Crippen LogP contribution >= 0.6 is 12.4 Å². The van der Waals surface area contributed by atoms with E-state index in [4.69, 9.17) is 5.73 Å². The van der Waals surface area contributed by atoms with Gasteiger partial charge in [-0.05, 0) is 38.0 Å². The van der Waals surface area contributed by atoms with Crippen molar-refractivity contribution < 1.29 is 9.59 Å². The van der Waals surface area contributed by atoms with E-state index in [1.807, 2.05) is 38.1 Å². The van der Waals surface area contributed by atoms with Crippen molar-refractivity contribution in [2.24, 2.45) is 5.73 Å². The summed E-state index contributed by atoms with van der Waals surface area (Å²) in [6, 6.07) is 7.58. The Morgan fingerprint density at radius 1 is 1.20 bits per heavy atom. The maximum Gasteiger partial charge on any atom is 0.321 e. The lowest BCUT2D eigenvalue weighted by Gasteiger charge is -2.38. The second kappa shape index (κ2) is 9.06. The molecule has 1 aromatic carbocycles. The number of urea groups is 1. The number of aryl methyl sites for hydroxylation is 1. The van der Waals surface area contributed by atoms with Crippen molar-refractivity contribution >= 4 is 30.0 Å². The van der Waals surface area contributed by atoms with Gasteiger partial charge >= 0.3 is 6.03 Å². The molecule has 0 spiro atoms. The molecule has 0 aliphatic carbocycles. The lowest BCUT2D eigenvalue weighted by molar-refractivity contribution is -0.138. The number of piperazine rings is 1. The third kappa shape index (κ3) is 5.61. The molecule has 1 unspecified atom stereocenters. The van der Waals surface area contributed by atoms with Crippen LogP contribution in [0.1, 0.15) is 32.3 Å². The van der Waals surface area contributed by atoms with Gasteiger partial charge in [-0.3, -0.25) is 4.79 Å². The molecule has 1 aliphatic heterocycles. The molecular weight excluding hydrogens is 340 g/mol.